The molecule has 0 aliphatic carbocycles. The van der Waals surface area contributed by atoms with Crippen molar-refractivity contribution in [2.45, 2.75) is 0 Å². The number of para-hydroxylation sites is 3. The van der Waals surface area contributed by atoms with E-state index >= 15 is 0 Å². The summed E-state index contributed by atoms with van der Waals surface area (Å²) in [7, 11) is 0. The third-order valence-corrected chi connectivity index (χ3v) is 10.6. The Morgan fingerprint density at radius 1 is 0.333 bits per heavy atom. The van der Waals surface area contributed by atoms with Gasteiger partial charge in [0.15, 0.2) is 17.5 Å². The zero-order valence-electron chi connectivity index (χ0n) is 29.1. The van der Waals surface area contributed by atoms with Crippen LogP contribution in [0, 0.1) is 0 Å². The maximum Gasteiger partial charge on any atom is 0.164 e. The van der Waals surface area contributed by atoms with Gasteiger partial charge in [-0.3, -0.25) is 0 Å². The Bertz CT molecular complexity index is 2930. The second-order valence-corrected chi connectivity index (χ2v) is 13.6. The molecule has 1 aliphatic heterocycles. The molecule has 0 saturated carbocycles. The predicted molar refractivity (Wildman–Crippen MR) is 222 cm³/mol. The summed E-state index contributed by atoms with van der Waals surface area (Å²) in [5, 5.41) is 4.75. The molecular weight excluding hydrogens is 659 g/mol. The summed E-state index contributed by atoms with van der Waals surface area (Å²) >= 11 is 0. The van der Waals surface area contributed by atoms with Crippen molar-refractivity contribution in [1.82, 2.24) is 19.5 Å². The zero-order valence-corrected chi connectivity index (χ0v) is 29.1. The molecule has 0 N–H and O–H groups in total. The molecule has 3 heterocycles. The molecule has 0 saturated heterocycles. The van der Waals surface area contributed by atoms with Crippen molar-refractivity contribution in [3.63, 3.8) is 0 Å². The third kappa shape index (κ3) is 4.69. The highest BCUT2D eigenvalue weighted by Crippen LogP contribution is 2.53. The molecule has 5 heteroatoms. The maximum absolute atomic E-state index is 5.13. The lowest BCUT2D eigenvalue weighted by atomic mass is 9.88. The Kier molecular flexibility index (Phi) is 6.79. The number of rotatable bonds is 5. The van der Waals surface area contributed by atoms with Crippen LogP contribution in [0.5, 0.6) is 0 Å². The monoisotopic (exact) mass is 689 g/mol. The molecule has 0 atom stereocenters. The smallest absolute Gasteiger partial charge is 0.164 e. The van der Waals surface area contributed by atoms with Crippen molar-refractivity contribution in [2.75, 3.05) is 4.90 Å². The maximum atomic E-state index is 5.13. The Balaban J connectivity index is 1.16. The minimum Gasteiger partial charge on any atom is -0.309 e. The first kappa shape index (κ1) is 30.3. The highest BCUT2D eigenvalue weighted by atomic mass is 15.2. The lowest BCUT2D eigenvalue weighted by Gasteiger charge is -2.34. The second kappa shape index (κ2) is 12.1. The van der Waals surface area contributed by atoms with Gasteiger partial charge in [-0.15, -0.1) is 0 Å². The molecule has 1 aliphatic rings. The summed E-state index contributed by atoms with van der Waals surface area (Å²) < 4.78 is 2.39. The topological polar surface area (TPSA) is 46.8 Å². The molecule has 11 rings (SSSR count). The van der Waals surface area contributed by atoms with Crippen molar-refractivity contribution in [3.8, 4) is 51.0 Å². The lowest BCUT2D eigenvalue weighted by Crippen LogP contribution is -2.16. The number of nitrogens with zero attached hydrogens (tertiary/aromatic N) is 5. The van der Waals surface area contributed by atoms with Crippen LogP contribution in [0.15, 0.2) is 188 Å². The Labute approximate surface area is 312 Å². The molecule has 0 amide bonds. The van der Waals surface area contributed by atoms with Gasteiger partial charge >= 0.3 is 0 Å². The van der Waals surface area contributed by atoms with Gasteiger partial charge in [-0.05, 0) is 59.5 Å². The largest absolute Gasteiger partial charge is 0.309 e. The molecule has 54 heavy (non-hydrogen) atoms. The van der Waals surface area contributed by atoms with E-state index in [0.29, 0.717) is 17.5 Å². The van der Waals surface area contributed by atoms with E-state index in [-0.39, 0.29) is 0 Å². The van der Waals surface area contributed by atoms with Gasteiger partial charge in [0.05, 0.1) is 22.4 Å². The second-order valence-electron chi connectivity index (χ2n) is 13.6. The Hall–Kier alpha value is -7.37. The van der Waals surface area contributed by atoms with Crippen LogP contribution in [0.1, 0.15) is 0 Å². The van der Waals surface area contributed by atoms with Gasteiger partial charge in [-0.2, -0.15) is 0 Å². The molecule has 10 aromatic rings. The number of anilines is 3. The van der Waals surface area contributed by atoms with Crippen molar-refractivity contribution < 1.29 is 0 Å². The molecule has 252 valence electrons. The van der Waals surface area contributed by atoms with Crippen LogP contribution in [0.4, 0.5) is 17.1 Å². The fourth-order valence-electron chi connectivity index (χ4n) is 8.18. The summed E-state index contributed by atoms with van der Waals surface area (Å²) in [4.78, 5) is 17.6. The minimum atomic E-state index is 0.644. The third-order valence-electron chi connectivity index (χ3n) is 10.6. The van der Waals surface area contributed by atoms with E-state index in [1.54, 1.807) is 0 Å². The van der Waals surface area contributed by atoms with Crippen LogP contribution in [0.3, 0.4) is 0 Å². The first-order chi connectivity index (χ1) is 26.8. The van der Waals surface area contributed by atoms with Crippen molar-refractivity contribution in [3.05, 3.63) is 188 Å². The first-order valence-corrected chi connectivity index (χ1v) is 18.2. The SMILES string of the molecule is c1ccc(-c2nc(-c3ccccc3)nc(-c3ccc4c5c(cccc35)-c3ccc(-n5c6ccccc6c6ccccc65)cc3N4c3ccccc3)n2)cc1. The number of hydrogen-bond acceptors (Lipinski definition) is 4. The fourth-order valence-corrected chi connectivity index (χ4v) is 8.18. The van der Waals surface area contributed by atoms with E-state index in [9.17, 15) is 0 Å². The van der Waals surface area contributed by atoms with Gasteiger partial charge in [0, 0.05) is 49.8 Å². The molecule has 0 unspecified atom stereocenters. The first-order valence-electron chi connectivity index (χ1n) is 18.2. The average Bonchev–Trinajstić information content (AvgIpc) is 3.59. The minimum absolute atomic E-state index is 0.644. The summed E-state index contributed by atoms with van der Waals surface area (Å²) in [5.41, 5.74) is 12.1. The van der Waals surface area contributed by atoms with Crippen LogP contribution in [-0.2, 0) is 0 Å². The van der Waals surface area contributed by atoms with Gasteiger partial charge in [0.1, 0.15) is 0 Å². The molecule has 2 aromatic heterocycles. The summed E-state index contributed by atoms with van der Waals surface area (Å²) in [6.07, 6.45) is 0. The summed E-state index contributed by atoms with van der Waals surface area (Å²) in [6.45, 7) is 0. The fraction of sp³-hybridized carbons (Fsp3) is 0. The van der Waals surface area contributed by atoms with E-state index in [2.05, 4.69) is 137 Å². The molecule has 0 bridgehead atoms. The van der Waals surface area contributed by atoms with E-state index in [1.807, 2.05) is 60.7 Å². The van der Waals surface area contributed by atoms with Crippen LogP contribution in [-0.4, -0.2) is 19.5 Å². The van der Waals surface area contributed by atoms with E-state index < -0.39 is 0 Å². The normalized spacial score (nSPS) is 12.0. The predicted octanol–water partition coefficient (Wildman–Crippen LogP) is 12.6. The lowest BCUT2D eigenvalue weighted by molar-refractivity contribution is 1.08. The Morgan fingerprint density at radius 3 is 1.52 bits per heavy atom. The molecule has 0 spiro atoms. The van der Waals surface area contributed by atoms with Gasteiger partial charge in [0.2, 0.25) is 0 Å². The highest BCUT2D eigenvalue weighted by molar-refractivity contribution is 6.17. The van der Waals surface area contributed by atoms with Crippen molar-refractivity contribution >= 4 is 49.6 Å². The number of aromatic nitrogens is 4. The van der Waals surface area contributed by atoms with E-state index in [0.717, 1.165) is 44.8 Å². The number of fused-ring (bicyclic) bond motifs is 5. The van der Waals surface area contributed by atoms with Crippen LogP contribution >= 0.6 is 0 Å². The van der Waals surface area contributed by atoms with Gasteiger partial charge in [-0.1, -0.05) is 140 Å². The highest BCUT2D eigenvalue weighted by Gasteiger charge is 2.28. The average molecular weight is 690 g/mol. The molecule has 8 aromatic carbocycles. The Morgan fingerprint density at radius 2 is 0.870 bits per heavy atom. The van der Waals surface area contributed by atoms with Crippen LogP contribution < -0.4 is 4.90 Å². The molecule has 0 fully saturated rings. The quantitative estimate of drug-likeness (QED) is 0.180. The summed E-state index contributed by atoms with van der Waals surface area (Å²) in [5.74, 6) is 1.94. The van der Waals surface area contributed by atoms with Crippen molar-refractivity contribution in [1.29, 1.82) is 0 Å². The van der Waals surface area contributed by atoms with Gasteiger partial charge < -0.3 is 9.47 Å². The standard InChI is InChI=1S/C49H31N5/c1-4-15-32(16-5-1)47-50-48(33-17-6-2-7-18-33)52-49(51-47)41-29-30-44-46-39(23-14-24-40(41)46)38-28-27-35(31-45(38)53(44)34-19-8-3-9-20-34)54-42-25-12-10-21-36(42)37-22-11-13-26-43(37)54/h1-31H. The van der Waals surface area contributed by atoms with Gasteiger partial charge in [-0.25, -0.2) is 15.0 Å². The number of hydrogen-bond donors (Lipinski definition) is 0. The van der Waals surface area contributed by atoms with Crippen molar-refractivity contribution in [2.24, 2.45) is 0 Å². The van der Waals surface area contributed by atoms with E-state index in [4.69, 9.17) is 15.0 Å². The molecule has 0 radical (unpaired) electrons. The van der Waals surface area contributed by atoms with Gasteiger partial charge in [0.25, 0.3) is 0 Å². The zero-order chi connectivity index (χ0) is 35.6. The molecular formula is C49H31N5. The number of benzene rings is 8. The van der Waals surface area contributed by atoms with E-state index in [1.165, 1.54) is 38.3 Å². The summed E-state index contributed by atoms with van der Waals surface area (Å²) in [6, 6.07) is 66.3. The van der Waals surface area contributed by atoms with Crippen LogP contribution in [0.2, 0.25) is 0 Å². The molecule has 5 nitrogen and oxygen atoms in total. The van der Waals surface area contributed by atoms with Crippen LogP contribution in [0.25, 0.3) is 83.6 Å².